The maximum Gasteiger partial charge on any atom is 0.236 e. The number of amides is 1. The Morgan fingerprint density at radius 2 is 2.19 bits per heavy atom. The molecule has 0 fully saturated rings. The minimum Gasteiger partial charge on any atom is -0.358 e. The molecule has 1 rings (SSSR count). The maximum absolute atomic E-state index is 11.2. The number of nitrogens with zero attached hydrogens (tertiary/aromatic N) is 2. The van der Waals surface area contributed by atoms with Crippen molar-refractivity contribution >= 4 is 5.91 Å². The van der Waals surface area contributed by atoms with Gasteiger partial charge in [-0.2, -0.15) is 5.10 Å². The summed E-state index contributed by atoms with van der Waals surface area (Å²) < 4.78 is 1.90. The van der Waals surface area contributed by atoms with Gasteiger partial charge in [0.25, 0.3) is 0 Å². The molecule has 2 N–H and O–H groups in total. The monoisotopic (exact) mass is 224 g/mol. The van der Waals surface area contributed by atoms with Gasteiger partial charge in [-0.3, -0.25) is 9.48 Å². The number of carbonyl (C=O) groups is 1. The van der Waals surface area contributed by atoms with Gasteiger partial charge in [0, 0.05) is 25.8 Å². The van der Waals surface area contributed by atoms with Gasteiger partial charge in [0.2, 0.25) is 5.91 Å². The average molecular weight is 224 g/mol. The molecule has 5 heteroatoms. The zero-order chi connectivity index (χ0) is 12.1. The van der Waals surface area contributed by atoms with Crippen molar-refractivity contribution in [3.05, 3.63) is 18.0 Å². The van der Waals surface area contributed by atoms with E-state index in [-0.39, 0.29) is 11.9 Å². The molecule has 1 heterocycles. The molecule has 1 aromatic heterocycles. The Bertz CT molecular complexity index is 346. The second-order valence-electron chi connectivity index (χ2n) is 4.10. The summed E-state index contributed by atoms with van der Waals surface area (Å²) in [7, 11) is 1.63. The van der Waals surface area contributed by atoms with E-state index in [9.17, 15) is 4.79 Å². The summed E-state index contributed by atoms with van der Waals surface area (Å²) in [6, 6.07) is 2.13. The van der Waals surface area contributed by atoms with Crippen molar-refractivity contribution in [2.45, 2.75) is 39.4 Å². The van der Waals surface area contributed by atoms with E-state index in [1.165, 1.54) is 0 Å². The fourth-order valence-electron chi connectivity index (χ4n) is 1.33. The van der Waals surface area contributed by atoms with Gasteiger partial charge in [0.1, 0.15) is 0 Å². The predicted molar refractivity (Wildman–Crippen MR) is 63.0 cm³/mol. The Morgan fingerprint density at radius 1 is 1.50 bits per heavy atom. The van der Waals surface area contributed by atoms with Gasteiger partial charge in [-0.05, 0) is 26.8 Å². The second kappa shape index (κ2) is 5.65. The fourth-order valence-corrected chi connectivity index (χ4v) is 1.33. The Balaban J connectivity index is 2.45. The van der Waals surface area contributed by atoms with E-state index in [2.05, 4.69) is 29.6 Å². The highest BCUT2D eigenvalue weighted by Crippen LogP contribution is 2.03. The van der Waals surface area contributed by atoms with Crippen LogP contribution >= 0.6 is 0 Å². The highest BCUT2D eigenvalue weighted by molar-refractivity contribution is 5.80. The van der Waals surface area contributed by atoms with Crippen molar-refractivity contribution in [2.24, 2.45) is 0 Å². The molecule has 0 radical (unpaired) electrons. The van der Waals surface area contributed by atoms with E-state index in [0.29, 0.717) is 12.6 Å². The van der Waals surface area contributed by atoms with Crippen LogP contribution in [0.15, 0.2) is 12.3 Å². The van der Waals surface area contributed by atoms with Crippen molar-refractivity contribution in [1.82, 2.24) is 20.4 Å². The summed E-state index contributed by atoms with van der Waals surface area (Å²) in [5, 5.41) is 10.1. The summed E-state index contributed by atoms with van der Waals surface area (Å²) in [5.74, 6) is -0.0108. The minimum absolute atomic E-state index is 0.0108. The molecule has 0 saturated heterocycles. The molecule has 0 aromatic carbocycles. The third-order valence-corrected chi connectivity index (χ3v) is 2.42. The van der Waals surface area contributed by atoms with Gasteiger partial charge >= 0.3 is 0 Å². The van der Waals surface area contributed by atoms with Crippen LogP contribution in [0.4, 0.5) is 0 Å². The first-order valence-electron chi connectivity index (χ1n) is 5.53. The summed E-state index contributed by atoms with van der Waals surface area (Å²) >= 11 is 0. The standard InChI is InChI=1S/C11H20N4O/c1-8(2)15-6-5-10(14-15)7-13-9(3)11(16)12-4/h5-6,8-9,13H,7H2,1-4H3,(H,12,16). The van der Waals surface area contributed by atoms with E-state index >= 15 is 0 Å². The van der Waals surface area contributed by atoms with Crippen molar-refractivity contribution in [1.29, 1.82) is 0 Å². The molecule has 1 atom stereocenters. The molecule has 0 aliphatic carbocycles. The predicted octanol–water partition coefficient (Wildman–Crippen LogP) is 0.688. The molecular weight excluding hydrogens is 204 g/mol. The van der Waals surface area contributed by atoms with Crippen molar-refractivity contribution < 1.29 is 4.79 Å². The molecule has 0 spiro atoms. The number of likely N-dealkylation sites (N-methyl/N-ethyl adjacent to an activating group) is 1. The lowest BCUT2D eigenvalue weighted by Crippen LogP contribution is -2.40. The molecule has 0 saturated carbocycles. The van der Waals surface area contributed by atoms with Crippen LogP contribution in [0.25, 0.3) is 0 Å². The quantitative estimate of drug-likeness (QED) is 0.773. The van der Waals surface area contributed by atoms with Gasteiger partial charge in [0.05, 0.1) is 11.7 Å². The van der Waals surface area contributed by atoms with Crippen LogP contribution in [-0.2, 0) is 11.3 Å². The van der Waals surface area contributed by atoms with Crippen molar-refractivity contribution in [3.8, 4) is 0 Å². The third-order valence-electron chi connectivity index (χ3n) is 2.42. The van der Waals surface area contributed by atoms with E-state index in [1.54, 1.807) is 7.05 Å². The molecule has 0 bridgehead atoms. The van der Waals surface area contributed by atoms with Crippen LogP contribution in [0.2, 0.25) is 0 Å². The highest BCUT2D eigenvalue weighted by Gasteiger charge is 2.10. The number of nitrogens with one attached hydrogen (secondary N) is 2. The first-order valence-corrected chi connectivity index (χ1v) is 5.53. The first-order chi connectivity index (χ1) is 7.54. The summed E-state index contributed by atoms with van der Waals surface area (Å²) in [4.78, 5) is 11.2. The van der Waals surface area contributed by atoms with E-state index in [0.717, 1.165) is 5.69 Å². The van der Waals surface area contributed by atoms with Gasteiger partial charge < -0.3 is 10.6 Å². The van der Waals surface area contributed by atoms with E-state index in [1.807, 2.05) is 23.9 Å². The van der Waals surface area contributed by atoms with Gasteiger partial charge in [0.15, 0.2) is 0 Å². The lowest BCUT2D eigenvalue weighted by Gasteiger charge is -2.10. The molecule has 5 nitrogen and oxygen atoms in total. The Kier molecular flexibility index (Phi) is 4.49. The van der Waals surface area contributed by atoms with Crippen LogP contribution < -0.4 is 10.6 Å². The summed E-state index contributed by atoms with van der Waals surface area (Å²) in [5.41, 5.74) is 0.949. The van der Waals surface area contributed by atoms with Crippen LogP contribution in [0.3, 0.4) is 0 Å². The summed E-state index contributed by atoms with van der Waals surface area (Å²) in [6.07, 6.45) is 1.95. The third kappa shape index (κ3) is 3.34. The summed E-state index contributed by atoms with van der Waals surface area (Å²) in [6.45, 7) is 6.60. The molecular formula is C11H20N4O. The molecule has 0 aliphatic heterocycles. The molecule has 1 aromatic rings. The Morgan fingerprint density at radius 3 is 2.69 bits per heavy atom. The lowest BCUT2D eigenvalue weighted by molar-refractivity contribution is -0.122. The Labute approximate surface area is 96.2 Å². The molecule has 1 amide bonds. The van der Waals surface area contributed by atoms with E-state index < -0.39 is 0 Å². The molecule has 16 heavy (non-hydrogen) atoms. The fraction of sp³-hybridized carbons (Fsp3) is 0.636. The molecule has 1 unspecified atom stereocenters. The van der Waals surface area contributed by atoms with Crippen LogP contribution in [0.1, 0.15) is 32.5 Å². The van der Waals surface area contributed by atoms with Gasteiger partial charge in [-0.1, -0.05) is 0 Å². The van der Waals surface area contributed by atoms with Crippen molar-refractivity contribution in [3.63, 3.8) is 0 Å². The average Bonchev–Trinajstić information content (AvgIpc) is 2.73. The zero-order valence-corrected chi connectivity index (χ0v) is 10.3. The minimum atomic E-state index is -0.200. The topological polar surface area (TPSA) is 59.0 Å². The Hall–Kier alpha value is -1.36. The maximum atomic E-state index is 11.2. The van der Waals surface area contributed by atoms with Crippen molar-refractivity contribution in [2.75, 3.05) is 7.05 Å². The normalized spacial score (nSPS) is 12.8. The first kappa shape index (κ1) is 12.7. The zero-order valence-electron chi connectivity index (χ0n) is 10.3. The lowest BCUT2D eigenvalue weighted by atomic mass is 10.3. The number of hydrogen-bond acceptors (Lipinski definition) is 3. The molecule has 0 aliphatic rings. The SMILES string of the molecule is CNC(=O)C(C)NCc1ccn(C(C)C)n1. The smallest absolute Gasteiger partial charge is 0.236 e. The molecule has 90 valence electrons. The number of hydrogen-bond donors (Lipinski definition) is 2. The number of aromatic nitrogens is 2. The van der Waals surface area contributed by atoms with Gasteiger partial charge in [-0.25, -0.2) is 0 Å². The number of rotatable bonds is 5. The van der Waals surface area contributed by atoms with Crippen LogP contribution in [0.5, 0.6) is 0 Å². The van der Waals surface area contributed by atoms with Gasteiger partial charge in [-0.15, -0.1) is 0 Å². The van der Waals surface area contributed by atoms with E-state index in [4.69, 9.17) is 0 Å². The van der Waals surface area contributed by atoms with Crippen LogP contribution in [0, 0.1) is 0 Å². The largest absolute Gasteiger partial charge is 0.358 e. The second-order valence-corrected chi connectivity index (χ2v) is 4.10. The van der Waals surface area contributed by atoms with Crippen LogP contribution in [-0.4, -0.2) is 28.8 Å². The number of carbonyl (C=O) groups excluding carboxylic acids is 1. The highest BCUT2D eigenvalue weighted by atomic mass is 16.2.